The van der Waals surface area contributed by atoms with E-state index in [1.165, 1.54) is 23.0 Å². The number of nitrogens with zero attached hydrogens (tertiary/aromatic N) is 5. The monoisotopic (exact) mass is 481 g/mol. The van der Waals surface area contributed by atoms with Gasteiger partial charge in [0.1, 0.15) is 10.2 Å². The van der Waals surface area contributed by atoms with Crippen LogP contribution in [0.3, 0.4) is 0 Å². The lowest BCUT2D eigenvalue weighted by atomic mass is 9.88. The maximum atomic E-state index is 13.5. The molecular weight excluding hydrogens is 462 g/mol. The zero-order valence-corrected chi connectivity index (χ0v) is 19.5. The van der Waals surface area contributed by atoms with Crippen molar-refractivity contribution < 1.29 is 5.11 Å². The third-order valence-electron chi connectivity index (χ3n) is 6.36. The van der Waals surface area contributed by atoms with Crippen molar-refractivity contribution in [2.45, 2.75) is 18.9 Å². The van der Waals surface area contributed by atoms with Crippen LogP contribution in [-0.4, -0.2) is 30.4 Å². The van der Waals surface area contributed by atoms with Crippen molar-refractivity contribution in [3.8, 4) is 17.3 Å². The third-order valence-corrected chi connectivity index (χ3v) is 7.64. The predicted octanol–water partition coefficient (Wildman–Crippen LogP) is 2.83. The van der Waals surface area contributed by atoms with Gasteiger partial charge in [-0.3, -0.25) is 13.9 Å². The van der Waals surface area contributed by atoms with Crippen LogP contribution in [0.5, 0.6) is 0 Å². The van der Waals surface area contributed by atoms with Crippen molar-refractivity contribution in [2.75, 3.05) is 6.61 Å². The van der Waals surface area contributed by atoms with E-state index >= 15 is 0 Å². The Morgan fingerprint density at radius 2 is 2.09 bits per heavy atom. The van der Waals surface area contributed by atoms with Crippen molar-refractivity contribution in [1.29, 1.82) is 5.26 Å². The lowest BCUT2D eigenvalue weighted by Gasteiger charge is -2.31. The van der Waals surface area contributed by atoms with Crippen LogP contribution >= 0.6 is 22.9 Å². The van der Waals surface area contributed by atoms with Gasteiger partial charge in [0.25, 0.3) is 5.56 Å². The molecule has 1 aliphatic heterocycles. The zero-order chi connectivity index (χ0) is 23.4. The van der Waals surface area contributed by atoms with Crippen molar-refractivity contribution >= 4 is 33.8 Å². The highest BCUT2D eigenvalue weighted by Gasteiger charge is 2.37. The molecule has 10 heteroatoms. The largest absolute Gasteiger partial charge is 0.396 e. The second kappa shape index (κ2) is 7.99. The fourth-order valence-corrected chi connectivity index (χ4v) is 5.94. The van der Waals surface area contributed by atoms with Crippen LogP contribution in [0.2, 0.25) is 5.15 Å². The summed E-state index contributed by atoms with van der Waals surface area (Å²) in [5.74, 6) is -0.327. The number of nitriles is 1. The van der Waals surface area contributed by atoms with Crippen LogP contribution in [0.1, 0.15) is 28.6 Å². The highest BCUT2D eigenvalue weighted by Crippen LogP contribution is 2.45. The van der Waals surface area contributed by atoms with Gasteiger partial charge >= 0.3 is 5.69 Å². The summed E-state index contributed by atoms with van der Waals surface area (Å²) in [5.41, 5.74) is 2.34. The number of benzene rings is 1. The summed E-state index contributed by atoms with van der Waals surface area (Å²) in [7, 11) is 3.12. The van der Waals surface area contributed by atoms with Crippen molar-refractivity contribution in [3.05, 3.63) is 71.9 Å². The predicted molar refractivity (Wildman–Crippen MR) is 127 cm³/mol. The van der Waals surface area contributed by atoms with E-state index in [-0.39, 0.29) is 18.4 Å². The Morgan fingerprint density at radius 1 is 1.30 bits per heavy atom. The summed E-state index contributed by atoms with van der Waals surface area (Å²) in [6, 6.07) is 9.22. The molecule has 0 aliphatic carbocycles. The van der Waals surface area contributed by atoms with E-state index in [0.29, 0.717) is 45.8 Å². The molecule has 2 atom stereocenters. The second-order valence-corrected chi connectivity index (χ2v) is 9.59. The lowest BCUT2D eigenvalue weighted by molar-refractivity contribution is 0.186. The van der Waals surface area contributed by atoms with E-state index in [2.05, 4.69) is 11.1 Å². The maximum absolute atomic E-state index is 13.5. The summed E-state index contributed by atoms with van der Waals surface area (Å²) in [5, 5.41) is 22.8. The van der Waals surface area contributed by atoms with Crippen molar-refractivity contribution in [2.24, 2.45) is 20.0 Å². The summed E-state index contributed by atoms with van der Waals surface area (Å²) in [4.78, 5) is 30.8. The number of fused-ring (bicyclic) bond motifs is 3. The van der Waals surface area contributed by atoms with Crippen LogP contribution in [0, 0.1) is 17.2 Å². The van der Waals surface area contributed by atoms with E-state index in [0.717, 1.165) is 15.3 Å². The number of hydrogen-bond donors (Lipinski definition) is 1. The molecule has 3 aromatic heterocycles. The number of aliphatic hydroxyl groups excluding tert-OH is 1. The Hall–Kier alpha value is -3.19. The molecule has 8 nitrogen and oxygen atoms in total. The minimum absolute atomic E-state index is 0.0296. The van der Waals surface area contributed by atoms with Gasteiger partial charge in [0, 0.05) is 44.1 Å². The Kier molecular flexibility index (Phi) is 5.24. The van der Waals surface area contributed by atoms with E-state index in [1.807, 2.05) is 10.6 Å². The first kappa shape index (κ1) is 21.6. The first-order valence-corrected chi connectivity index (χ1v) is 11.7. The van der Waals surface area contributed by atoms with Gasteiger partial charge in [-0.25, -0.2) is 9.78 Å². The second-order valence-electron chi connectivity index (χ2n) is 8.31. The molecule has 4 aromatic rings. The zero-order valence-electron chi connectivity index (χ0n) is 17.9. The van der Waals surface area contributed by atoms with E-state index in [4.69, 9.17) is 11.6 Å². The molecule has 168 valence electrons. The molecule has 5 rings (SSSR count). The van der Waals surface area contributed by atoms with Crippen LogP contribution < -0.4 is 11.2 Å². The van der Waals surface area contributed by atoms with Gasteiger partial charge in [0.15, 0.2) is 0 Å². The Morgan fingerprint density at radius 3 is 2.76 bits per heavy atom. The lowest BCUT2D eigenvalue weighted by Crippen LogP contribution is -2.37. The third kappa shape index (κ3) is 3.25. The Bertz CT molecular complexity index is 1570. The molecule has 0 fully saturated rings. The SMILES string of the molecule is Cn1c(=O)c2c(-c3cccc(C#N)c3)n3c(c2n(C)c1=O)C(c1nc(Cl)cs1)CC(CO)C3. The molecule has 0 saturated carbocycles. The number of rotatable bonds is 3. The van der Waals surface area contributed by atoms with Gasteiger partial charge in [-0.2, -0.15) is 5.26 Å². The Labute approximate surface area is 197 Å². The number of aromatic nitrogens is 4. The standard InChI is InChI=1S/C23H20ClN5O3S/c1-27-20-17(22(31)28(2)23(27)32)18(14-5-3-4-12(6-14)8-25)29-9-13(10-30)7-15(19(20)29)21-26-16(24)11-33-21/h3-6,11,13,15,30H,7,9-10H2,1-2H3. The number of aliphatic hydroxyl groups is 1. The van der Waals surface area contributed by atoms with Gasteiger partial charge in [-0.15, -0.1) is 11.3 Å². The molecule has 1 aromatic carbocycles. The summed E-state index contributed by atoms with van der Waals surface area (Å²) in [6.07, 6.45) is 0.612. The van der Waals surface area contributed by atoms with Crippen LogP contribution in [0.4, 0.5) is 0 Å². The molecule has 1 N–H and O–H groups in total. The fourth-order valence-electron chi connectivity index (χ4n) is 4.87. The first-order valence-electron chi connectivity index (χ1n) is 10.4. The molecule has 4 heterocycles. The minimum atomic E-state index is -0.418. The van der Waals surface area contributed by atoms with Crippen molar-refractivity contribution in [3.63, 3.8) is 0 Å². The quantitative estimate of drug-likeness (QED) is 0.484. The number of hydrogen-bond acceptors (Lipinski definition) is 6. The molecular formula is C23H20ClN5O3S. The fraction of sp³-hybridized carbons (Fsp3) is 0.304. The molecule has 33 heavy (non-hydrogen) atoms. The van der Waals surface area contributed by atoms with Gasteiger partial charge in [0.05, 0.1) is 39.8 Å². The highest BCUT2D eigenvalue weighted by atomic mass is 35.5. The summed E-state index contributed by atoms with van der Waals surface area (Å²) in [6.45, 7) is 0.442. The maximum Gasteiger partial charge on any atom is 0.331 e. The average Bonchev–Trinajstić information content (AvgIpc) is 3.42. The van der Waals surface area contributed by atoms with Crippen LogP contribution in [0.25, 0.3) is 22.2 Å². The molecule has 2 unspecified atom stereocenters. The Balaban J connectivity index is 1.97. The van der Waals surface area contributed by atoms with Gasteiger partial charge in [-0.1, -0.05) is 23.7 Å². The van der Waals surface area contributed by atoms with Crippen LogP contribution in [-0.2, 0) is 20.6 Å². The smallest absolute Gasteiger partial charge is 0.331 e. The molecule has 1 aliphatic rings. The number of aryl methyl sites for hydroxylation is 1. The van der Waals surface area contributed by atoms with Gasteiger partial charge < -0.3 is 9.67 Å². The van der Waals surface area contributed by atoms with Crippen molar-refractivity contribution in [1.82, 2.24) is 18.7 Å². The highest BCUT2D eigenvalue weighted by molar-refractivity contribution is 7.10. The molecule has 0 bridgehead atoms. The molecule has 0 spiro atoms. The van der Waals surface area contributed by atoms with Crippen LogP contribution in [0.15, 0.2) is 39.2 Å². The first-order chi connectivity index (χ1) is 15.8. The normalized spacial score (nSPS) is 17.8. The van der Waals surface area contributed by atoms with E-state index in [9.17, 15) is 20.0 Å². The number of thiazole rings is 1. The van der Waals surface area contributed by atoms with E-state index < -0.39 is 11.2 Å². The number of halogens is 1. The van der Waals surface area contributed by atoms with Gasteiger partial charge in [0.2, 0.25) is 0 Å². The summed E-state index contributed by atoms with van der Waals surface area (Å²) < 4.78 is 4.62. The molecule has 0 radical (unpaired) electrons. The molecule has 0 saturated heterocycles. The average molecular weight is 482 g/mol. The summed E-state index contributed by atoms with van der Waals surface area (Å²) >= 11 is 7.55. The topological polar surface area (TPSA) is 106 Å². The molecule has 0 amide bonds. The van der Waals surface area contributed by atoms with E-state index in [1.54, 1.807) is 30.6 Å². The minimum Gasteiger partial charge on any atom is -0.396 e. The van der Waals surface area contributed by atoms with Gasteiger partial charge in [-0.05, 0) is 18.6 Å².